The standard InChI is InChI=1S/C24H30N2O4/c1-2-3-4-5-6-9-15-30-23(29)24(16-18-11-7-8-12-19(18)17-24)26-22(28)21-20(27)13-10-14-25-21/h7-8,10-14,27H,2-6,9,15-17H2,1H3,(H,26,28). The Balaban J connectivity index is 1.68. The number of nitrogens with one attached hydrogen (secondary N) is 1. The van der Waals surface area contributed by atoms with Crippen molar-refractivity contribution in [3.8, 4) is 5.75 Å². The van der Waals surface area contributed by atoms with E-state index in [1.807, 2.05) is 24.3 Å². The highest BCUT2D eigenvalue weighted by Crippen LogP contribution is 2.32. The molecule has 0 fully saturated rings. The number of aromatic nitrogens is 1. The molecule has 1 aromatic carbocycles. The molecular weight excluding hydrogens is 380 g/mol. The summed E-state index contributed by atoms with van der Waals surface area (Å²) in [5.74, 6) is -1.24. The Morgan fingerprint density at radius 1 is 1.03 bits per heavy atom. The van der Waals surface area contributed by atoms with Crippen LogP contribution in [-0.4, -0.2) is 34.1 Å². The summed E-state index contributed by atoms with van der Waals surface area (Å²) in [6, 6.07) is 10.7. The van der Waals surface area contributed by atoms with Crippen LogP contribution in [0.2, 0.25) is 0 Å². The Labute approximate surface area is 177 Å². The molecule has 1 aliphatic carbocycles. The number of pyridine rings is 1. The third-order valence-corrected chi connectivity index (χ3v) is 5.58. The Bertz CT molecular complexity index is 856. The van der Waals surface area contributed by atoms with Crippen molar-refractivity contribution in [1.82, 2.24) is 10.3 Å². The van der Waals surface area contributed by atoms with Crippen LogP contribution in [0.1, 0.15) is 67.1 Å². The number of esters is 1. The average Bonchev–Trinajstić information content (AvgIpc) is 3.12. The smallest absolute Gasteiger partial charge is 0.332 e. The summed E-state index contributed by atoms with van der Waals surface area (Å²) < 4.78 is 5.60. The third kappa shape index (κ3) is 5.17. The topological polar surface area (TPSA) is 88.5 Å². The summed E-state index contributed by atoms with van der Waals surface area (Å²) in [6.45, 7) is 2.52. The molecule has 30 heavy (non-hydrogen) atoms. The van der Waals surface area contributed by atoms with Crippen LogP contribution >= 0.6 is 0 Å². The fourth-order valence-corrected chi connectivity index (χ4v) is 3.93. The fourth-order valence-electron chi connectivity index (χ4n) is 3.93. The van der Waals surface area contributed by atoms with E-state index in [-0.39, 0.29) is 11.4 Å². The first-order valence-electron chi connectivity index (χ1n) is 10.8. The quantitative estimate of drug-likeness (QED) is 0.457. The van der Waals surface area contributed by atoms with Gasteiger partial charge in [0.05, 0.1) is 6.61 Å². The molecular formula is C24H30N2O4. The van der Waals surface area contributed by atoms with E-state index >= 15 is 0 Å². The van der Waals surface area contributed by atoms with Gasteiger partial charge in [0.2, 0.25) is 0 Å². The molecule has 2 aromatic rings. The number of fused-ring (bicyclic) bond motifs is 1. The van der Waals surface area contributed by atoms with Crippen LogP contribution in [0.25, 0.3) is 0 Å². The number of unbranched alkanes of at least 4 members (excludes halogenated alkanes) is 5. The largest absolute Gasteiger partial charge is 0.505 e. The van der Waals surface area contributed by atoms with Crippen molar-refractivity contribution in [2.24, 2.45) is 0 Å². The van der Waals surface area contributed by atoms with Crippen molar-refractivity contribution < 1.29 is 19.4 Å². The van der Waals surface area contributed by atoms with Crippen LogP contribution in [0.3, 0.4) is 0 Å². The highest BCUT2D eigenvalue weighted by atomic mass is 16.5. The van der Waals surface area contributed by atoms with E-state index in [1.54, 1.807) is 6.07 Å². The van der Waals surface area contributed by atoms with Crippen molar-refractivity contribution in [2.45, 2.75) is 63.8 Å². The Kier molecular flexibility index (Phi) is 7.44. The summed E-state index contributed by atoms with van der Waals surface area (Å²) in [4.78, 5) is 29.9. The Morgan fingerprint density at radius 3 is 2.37 bits per heavy atom. The number of carbonyl (C=O) groups excluding carboxylic acids is 2. The average molecular weight is 411 g/mol. The molecule has 1 heterocycles. The van der Waals surface area contributed by atoms with E-state index in [1.165, 1.54) is 31.5 Å². The minimum Gasteiger partial charge on any atom is -0.505 e. The first kappa shape index (κ1) is 21.8. The van der Waals surface area contributed by atoms with Crippen LogP contribution in [-0.2, 0) is 22.4 Å². The molecule has 2 N–H and O–H groups in total. The molecule has 0 atom stereocenters. The Hall–Kier alpha value is -2.89. The number of benzene rings is 1. The van der Waals surface area contributed by atoms with Crippen molar-refractivity contribution in [2.75, 3.05) is 6.61 Å². The second kappa shape index (κ2) is 10.2. The van der Waals surface area contributed by atoms with Gasteiger partial charge in [0.15, 0.2) is 5.69 Å². The second-order valence-corrected chi connectivity index (χ2v) is 7.93. The molecule has 6 heteroatoms. The van der Waals surface area contributed by atoms with E-state index in [2.05, 4.69) is 17.2 Å². The first-order chi connectivity index (χ1) is 14.6. The van der Waals surface area contributed by atoms with Crippen LogP contribution in [0.4, 0.5) is 0 Å². The maximum Gasteiger partial charge on any atom is 0.332 e. The molecule has 0 spiro atoms. The molecule has 3 rings (SSSR count). The summed E-state index contributed by atoms with van der Waals surface area (Å²) in [5.41, 5.74) is 0.739. The van der Waals surface area contributed by atoms with Crippen molar-refractivity contribution in [3.63, 3.8) is 0 Å². The normalized spacial score (nSPS) is 14.2. The molecule has 0 aliphatic heterocycles. The van der Waals surface area contributed by atoms with Gasteiger partial charge in [-0.2, -0.15) is 0 Å². The molecule has 0 saturated heterocycles. The molecule has 1 amide bonds. The van der Waals surface area contributed by atoms with Crippen LogP contribution in [0.15, 0.2) is 42.6 Å². The lowest BCUT2D eigenvalue weighted by molar-refractivity contribution is -0.151. The van der Waals surface area contributed by atoms with Gasteiger partial charge in [-0.05, 0) is 29.7 Å². The van der Waals surface area contributed by atoms with Crippen molar-refractivity contribution >= 4 is 11.9 Å². The van der Waals surface area contributed by atoms with Gasteiger partial charge in [-0.1, -0.05) is 63.3 Å². The van der Waals surface area contributed by atoms with E-state index in [9.17, 15) is 14.7 Å². The number of carbonyl (C=O) groups is 2. The molecule has 1 aromatic heterocycles. The van der Waals surface area contributed by atoms with Crippen molar-refractivity contribution in [3.05, 3.63) is 59.4 Å². The Morgan fingerprint density at radius 2 is 1.70 bits per heavy atom. The lowest BCUT2D eigenvalue weighted by atomic mass is 9.95. The number of hydrogen-bond donors (Lipinski definition) is 2. The van der Waals surface area contributed by atoms with Crippen molar-refractivity contribution in [1.29, 1.82) is 0 Å². The number of ether oxygens (including phenoxy) is 1. The lowest BCUT2D eigenvalue weighted by Gasteiger charge is -2.28. The number of amides is 1. The SMILES string of the molecule is CCCCCCCCOC(=O)C1(NC(=O)c2ncccc2O)Cc2ccccc2C1. The van der Waals surface area contributed by atoms with Gasteiger partial charge in [0, 0.05) is 19.0 Å². The zero-order valence-corrected chi connectivity index (χ0v) is 17.5. The lowest BCUT2D eigenvalue weighted by Crippen LogP contribution is -2.56. The molecule has 0 saturated carbocycles. The number of aromatic hydroxyl groups is 1. The van der Waals surface area contributed by atoms with E-state index in [4.69, 9.17) is 4.74 Å². The third-order valence-electron chi connectivity index (χ3n) is 5.58. The van der Waals surface area contributed by atoms with Gasteiger partial charge in [-0.3, -0.25) is 4.79 Å². The molecule has 6 nitrogen and oxygen atoms in total. The van der Waals surface area contributed by atoms with Crippen LogP contribution < -0.4 is 5.32 Å². The maximum atomic E-state index is 13.1. The summed E-state index contributed by atoms with van der Waals surface area (Å²) in [7, 11) is 0. The monoisotopic (exact) mass is 410 g/mol. The van der Waals surface area contributed by atoms with Gasteiger partial charge in [-0.15, -0.1) is 0 Å². The van der Waals surface area contributed by atoms with Gasteiger partial charge in [0.25, 0.3) is 5.91 Å². The predicted molar refractivity (Wildman–Crippen MR) is 114 cm³/mol. The molecule has 0 bridgehead atoms. The van der Waals surface area contributed by atoms with E-state index in [0.717, 1.165) is 30.4 Å². The van der Waals surface area contributed by atoms with Gasteiger partial charge in [0.1, 0.15) is 11.3 Å². The highest BCUT2D eigenvalue weighted by molar-refractivity contribution is 5.99. The minimum absolute atomic E-state index is 0.100. The molecule has 160 valence electrons. The molecule has 0 radical (unpaired) electrons. The van der Waals surface area contributed by atoms with Gasteiger partial charge >= 0.3 is 5.97 Å². The predicted octanol–water partition coefficient (Wildman–Crippen LogP) is 3.96. The molecule has 0 unspecified atom stereocenters. The first-order valence-corrected chi connectivity index (χ1v) is 10.8. The van der Waals surface area contributed by atoms with Gasteiger partial charge < -0.3 is 15.2 Å². The summed E-state index contributed by atoms with van der Waals surface area (Å²) in [5, 5.41) is 12.8. The summed E-state index contributed by atoms with van der Waals surface area (Å²) in [6.07, 6.45) is 8.75. The highest BCUT2D eigenvalue weighted by Gasteiger charge is 2.47. The van der Waals surface area contributed by atoms with Crippen LogP contribution in [0, 0.1) is 0 Å². The fraction of sp³-hybridized carbons (Fsp3) is 0.458. The number of hydrogen-bond acceptors (Lipinski definition) is 5. The van der Waals surface area contributed by atoms with Gasteiger partial charge in [-0.25, -0.2) is 9.78 Å². The van der Waals surface area contributed by atoms with E-state index < -0.39 is 17.4 Å². The zero-order valence-electron chi connectivity index (χ0n) is 17.5. The summed E-state index contributed by atoms with van der Waals surface area (Å²) >= 11 is 0. The molecule has 1 aliphatic rings. The number of nitrogens with zero attached hydrogens (tertiary/aromatic N) is 1. The minimum atomic E-state index is -1.19. The van der Waals surface area contributed by atoms with E-state index in [0.29, 0.717) is 19.4 Å². The second-order valence-electron chi connectivity index (χ2n) is 7.93. The number of rotatable bonds is 10. The maximum absolute atomic E-state index is 13.1. The van der Waals surface area contributed by atoms with Crippen LogP contribution in [0.5, 0.6) is 5.75 Å². The zero-order chi connectivity index (χ0) is 21.4.